The summed E-state index contributed by atoms with van der Waals surface area (Å²) in [5.74, 6) is 0. The van der Waals surface area contributed by atoms with E-state index in [-0.39, 0.29) is 6.10 Å². The maximum atomic E-state index is 5.75. The second-order valence-electron chi connectivity index (χ2n) is 3.80. The predicted octanol–water partition coefficient (Wildman–Crippen LogP) is 2.21. The fourth-order valence-corrected chi connectivity index (χ4v) is 1.71. The summed E-state index contributed by atoms with van der Waals surface area (Å²) in [6, 6.07) is 0.329. The molecule has 0 aliphatic carbocycles. The van der Waals surface area contributed by atoms with Crippen molar-refractivity contribution in [1.29, 1.82) is 0 Å². The van der Waals surface area contributed by atoms with E-state index in [0.717, 1.165) is 39.0 Å². The van der Waals surface area contributed by atoms with Crippen LogP contribution in [0.2, 0.25) is 0 Å². The molecule has 0 heterocycles. The Balaban J connectivity index is 4.09. The predicted molar refractivity (Wildman–Crippen MR) is 64.3 cm³/mol. The average Bonchev–Trinajstić information content (AvgIpc) is 2.24. The molecule has 0 aliphatic heterocycles. The van der Waals surface area contributed by atoms with Crippen LogP contribution in [-0.2, 0) is 9.47 Å². The standard InChI is InChI=1S/C12H27NO2/c1-5-8-12(15-7-3)11(10-14-4)13-9-6-2/h11-13H,5-10H2,1-4H3. The van der Waals surface area contributed by atoms with Gasteiger partial charge in [-0.2, -0.15) is 0 Å². The van der Waals surface area contributed by atoms with Gasteiger partial charge in [-0.1, -0.05) is 20.3 Å². The number of methoxy groups -OCH3 is 1. The van der Waals surface area contributed by atoms with Crippen LogP contribution in [0.4, 0.5) is 0 Å². The van der Waals surface area contributed by atoms with E-state index in [4.69, 9.17) is 9.47 Å². The Labute approximate surface area is 94.5 Å². The van der Waals surface area contributed by atoms with E-state index in [1.165, 1.54) is 0 Å². The van der Waals surface area contributed by atoms with E-state index in [9.17, 15) is 0 Å². The minimum atomic E-state index is 0.284. The van der Waals surface area contributed by atoms with Crippen molar-refractivity contribution >= 4 is 0 Å². The van der Waals surface area contributed by atoms with Crippen molar-refractivity contribution < 1.29 is 9.47 Å². The summed E-state index contributed by atoms with van der Waals surface area (Å²) in [6.07, 6.45) is 3.68. The monoisotopic (exact) mass is 217 g/mol. The Kier molecular flexibility index (Phi) is 10.3. The van der Waals surface area contributed by atoms with Crippen LogP contribution < -0.4 is 5.32 Å². The van der Waals surface area contributed by atoms with Gasteiger partial charge >= 0.3 is 0 Å². The van der Waals surface area contributed by atoms with Crippen molar-refractivity contribution in [1.82, 2.24) is 5.32 Å². The molecule has 15 heavy (non-hydrogen) atoms. The second-order valence-corrected chi connectivity index (χ2v) is 3.80. The number of hydrogen-bond donors (Lipinski definition) is 1. The van der Waals surface area contributed by atoms with Crippen molar-refractivity contribution in [2.45, 2.75) is 52.2 Å². The molecule has 0 rings (SSSR count). The van der Waals surface area contributed by atoms with Crippen LogP contribution in [0.3, 0.4) is 0 Å². The summed E-state index contributed by atoms with van der Waals surface area (Å²) in [5, 5.41) is 3.49. The van der Waals surface area contributed by atoms with Gasteiger partial charge in [0, 0.05) is 13.7 Å². The Morgan fingerprint density at radius 3 is 2.33 bits per heavy atom. The largest absolute Gasteiger partial charge is 0.383 e. The molecule has 2 atom stereocenters. The van der Waals surface area contributed by atoms with Gasteiger partial charge in [-0.05, 0) is 26.3 Å². The molecule has 0 aromatic rings. The number of nitrogens with one attached hydrogen (secondary N) is 1. The molecular weight excluding hydrogens is 190 g/mol. The van der Waals surface area contributed by atoms with E-state index in [0.29, 0.717) is 6.04 Å². The molecular formula is C12H27NO2. The smallest absolute Gasteiger partial charge is 0.0750 e. The van der Waals surface area contributed by atoms with E-state index in [1.54, 1.807) is 7.11 Å². The van der Waals surface area contributed by atoms with E-state index >= 15 is 0 Å². The Hall–Kier alpha value is -0.120. The quantitative estimate of drug-likeness (QED) is 0.608. The van der Waals surface area contributed by atoms with Crippen LogP contribution in [0.5, 0.6) is 0 Å². The third-order valence-electron chi connectivity index (χ3n) is 2.41. The summed E-state index contributed by atoms with van der Waals surface area (Å²) in [7, 11) is 1.75. The van der Waals surface area contributed by atoms with Crippen molar-refractivity contribution in [2.24, 2.45) is 0 Å². The fraction of sp³-hybridized carbons (Fsp3) is 1.00. The molecule has 0 aromatic carbocycles. The summed E-state index contributed by atoms with van der Waals surface area (Å²) >= 11 is 0. The lowest BCUT2D eigenvalue weighted by Crippen LogP contribution is -2.45. The minimum Gasteiger partial charge on any atom is -0.383 e. The zero-order chi connectivity index (χ0) is 11.5. The third-order valence-corrected chi connectivity index (χ3v) is 2.41. The second kappa shape index (κ2) is 10.4. The summed E-state index contributed by atoms with van der Waals surface area (Å²) < 4.78 is 11.0. The van der Waals surface area contributed by atoms with Gasteiger partial charge in [0.05, 0.1) is 18.8 Å². The molecule has 92 valence electrons. The number of hydrogen-bond acceptors (Lipinski definition) is 3. The van der Waals surface area contributed by atoms with Crippen LogP contribution >= 0.6 is 0 Å². The van der Waals surface area contributed by atoms with Gasteiger partial charge in [0.1, 0.15) is 0 Å². The molecule has 0 radical (unpaired) electrons. The first-order valence-electron chi connectivity index (χ1n) is 6.13. The maximum absolute atomic E-state index is 5.75. The van der Waals surface area contributed by atoms with Crippen molar-refractivity contribution in [3.8, 4) is 0 Å². The summed E-state index contributed by atoms with van der Waals surface area (Å²) in [6.45, 7) is 8.94. The molecule has 0 bridgehead atoms. The molecule has 0 saturated heterocycles. The first kappa shape index (κ1) is 14.9. The zero-order valence-corrected chi connectivity index (χ0v) is 10.7. The molecule has 3 heteroatoms. The molecule has 0 spiro atoms. The Bertz CT molecular complexity index is 125. The highest BCUT2D eigenvalue weighted by atomic mass is 16.5. The van der Waals surface area contributed by atoms with E-state index in [1.807, 2.05) is 6.92 Å². The third kappa shape index (κ3) is 6.88. The Morgan fingerprint density at radius 1 is 1.13 bits per heavy atom. The summed E-state index contributed by atoms with van der Waals surface area (Å²) in [5.41, 5.74) is 0. The Morgan fingerprint density at radius 2 is 1.87 bits per heavy atom. The van der Waals surface area contributed by atoms with Crippen LogP contribution in [-0.4, -0.2) is 39.0 Å². The SMILES string of the molecule is CCCNC(COC)C(CCC)OCC. The first-order chi connectivity index (χ1) is 7.29. The zero-order valence-electron chi connectivity index (χ0n) is 10.7. The first-order valence-corrected chi connectivity index (χ1v) is 6.13. The van der Waals surface area contributed by atoms with Gasteiger partial charge < -0.3 is 14.8 Å². The van der Waals surface area contributed by atoms with E-state index in [2.05, 4.69) is 19.2 Å². The molecule has 0 amide bonds. The lowest BCUT2D eigenvalue weighted by atomic mass is 10.1. The highest BCUT2D eigenvalue weighted by Crippen LogP contribution is 2.08. The molecule has 0 aliphatic rings. The van der Waals surface area contributed by atoms with Crippen molar-refractivity contribution in [2.75, 3.05) is 26.9 Å². The van der Waals surface area contributed by atoms with Crippen molar-refractivity contribution in [3.63, 3.8) is 0 Å². The molecule has 0 fully saturated rings. The van der Waals surface area contributed by atoms with Crippen LogP contribution in [0, 0.1) is 0 Å². The van der Waals surface area contributed by atoms with Gasteiger partial charge in [0.25, 0.3) is 0 Å². The number of rotatable bonds is 10. The van der Waals surface area contributed by atoms with Gasteiger partial charge in [-0.15, -0.1) is 0 Å². The highest BCUT2D eigenvalue weighted by molar-refractivity contribution is 4.76. The topological polar surface area (TPSA) is 30.5 Å². The van der Waals surface area contributed by atoms with Gasteiger partial charge in [0.15, 0.2) is 0 Å². The van der Waals surface area contributed by atoms with Crippen molar-refractivity contribution in [3.05, 3.63) is 0 Å². The molecule has 3 nitrogen and oxygen atoms in total. The molecule has 1 N–H and O–H groups in total. The molecule has 0 aromatic heterocycles. The summed E-state index contributed by atoms with van der Waals surface area (Å²) in [4.78, 5) is 0. The fourth-order valence-electron chi connectivity index (χ4n) is 1.71. The highest BCUT2D eigenvalue weighted by Gasteiger charge is 2.20. The molecule has 2 unspecified atom stereocenters. The maximum Gasteiger partial charge on any atom is 0.0750 e. The van der Waals surface area contributed by atoms with Gasteiger partial charge in [-0.25, -0.2) is 0 Å². The van der Waals surface area contributed by atoms with Crippen LogP contribution in [0.25, 0.3) is 0 Å². The lowest BCUT2D eigenvalue weighted by molar-refractivity contribution is 0.00456. The average molecular weight is 217 g/mol. The minimum absolute atomic E-state index is 0.284. The lowest BCUT2D eigenvalue weighted by Gasteiger charge is -2.27. The normalized spacial score (nSPS) is 15.2. The van der Waals surface area contributed by atoms with E-state index < -0.39 is 0 Å². The van der Waals surface area contributed by atoms with Gasteiger partial charge in [0.2, 0.25) is 0 Å². The van der Waals surface area contributed by atoms with Gasteiger partial charge in [-0.3, -0.25) is 0 Å². The molecule has 0 saturated carbocycles. The van der Waals surface area contributed by atoms with Crippen LogP contribution in [0.15, 0.2) is 0 Å². The van der Waals surface area contributed by atoms with Crippen LogP contribution in [0.1, 0.15) is 40.0 Å². The number of ether oxygens (including phenoxy) is 2.